The van der Waals surface area contributed by atoms with E-state index in [1.165, 1.54) is 37.0 Å². The van der Waals surface area contributed by atoms with Crippen molar-refractivity contribution in [1.29, 1.82) is 0 Å². The fourth-order valence-electron chi connectivity index (χ4n) is 3.44. The van der Waals surface area contributed by atoms with Crippen molar-refractivity contribution in [3.63, 3.8) is 0 Å². The number of aromatic nitrogens is 3. The van der Waals surface area contributed by atoms with Crippen LogP contribution in [0.1, 0.15) is 79.6 Å². The Hall–Kier alpha value is -3.41. The summed E-state index contributed by atoms with van der Waals surface area (Å²) in [6.45, 7) is 7.57. The molecule has 0 atom stereocenters. The predicted molar refractivity (Wildman–Crippen MR) is 130 cm³/mol. The van der Waals surface area contributed by atoms with Crippen LogP contribution in [-0.2, 0) is 13.2 Å². The number of ketones is 1. The minimum absolute atomic E-state index is 0.114. The van der Waals surface area contributed by atoms with Crippen LogP contribution in [0.4, 0.5) is 0 Å². The van der Waals surface area contributed by atoms with E-state index in [0.717, 1.165) is 24.2 Å². The maximum absolute atomic E-state index is 12.5. The van der Waals surface area contributed by atoms with Crippen molar-refractivity contribution < 1.29 is 14.6 Å². The van der Waals surface area contributed by atoms with Crippen molar-refractivity contribution >= 4 is 11.9 Å². The van der Waals surface area contributed by atoms with E-state index in [1.54, 1.807) is 18.2 Å². The van der Waals surface area contributed by atoms with Gasteiger partial charge in [0, 0.05) is 12.6 Å². The SMILES string of the molecule is CCCCCCn1cc(COc2ccc(C(=O)/C=C/c3ccc(C(C)C)cc3)c(O)c2)nn1. The number of aromatic hydroxyl groups is 1. The summed E-state index contributed by atoms with van der Waals surface area (Å²) in [5, 5.41) is 18.6. The molecule has 3 rings (SSSR count). The number of carbonyl (C=O) groups excluding carboxylic acids is 1. The molecule has 1 aromatic heterocycles. The normalized spacial score (nSPS) is 11.4. The highest BCUT2D eigenvalue weighted by Gasteiger charge is 2.10. The minimum Gasteiger partial charge on any atom is -0.507 e. The lowest BCUT2D eigenvalue weighted by atomic mass is 10.0. The monoisotopic (exact) mass is 447 g/mol. The third-order valence-corrected chi connectivity index (χ3v) is 5.48. The zero-order valence-electron chi connectivity index (χ0n) is 19.7. The Morgan fingerprint density at radius 3 is 2.61 bits per heavy atom. The van der Waals surface area contributed by atoms with Crippen LogP contribution in [0.25, 0.3) is 6.08 Å². The van der Waals surface area contributed by atoms with Gasteiger partial charge in [0.15, 0.2) is 5.78 Å². The Kier molecular flexibility index (Phi) is 8.81. The Bertz CT molecular complexity index is 1070. The molecule has 0 fully saturated rings. The Morgan fingerprint density at radius 2 is 1.91 bits per heavy atom. The van der Waals surface area contributed by atoms with E-state index in [1.807, 2.05) is 23.0 Å². The largest absolute Gasteiger partial charge is 0.507 e. The molecular formula is C27H33N3O3. The first kappa shape index (κ1) is 24.2. The van der Waals surface area contributed by atoms with Crippen molar-refractivity contribution in [2.75, 3.05) is 0 Å². The van der Waals surface area contributed by atoms with Gasteiger partial charge >= 0.3 is 0 Å². The van der Waals surface area contributed by atoms with E-state index in [2.05, 4.69) is 43.2 Å². The molecule has 0 spiro atoms. The van der Waals surface area contributed by atoms with E-state index >= 15 is 0 Å². The maximum atomic E-state index is 12.5. The highest BCUT2D eigenvalue weighted by Crippen LogP contribution is 2.25. The lowest BCUT2D eigenvalue weighted by molar-refractivity contribution is 0.104. The second kappa shape index (κ2) is 12.0. The molecule has 33 heavy (non-hydrogen) atoms. The van der Waals surface area contributed by atoms with E-state index < -0.39 is 0 Å². The number of hydrogen-bond donors (Lipinski definition) is 1. The topological polar surface area (TPSA) is 77.2 Å². The zero-order valence-corrected chi connectivity index (χ0v) is 19.7. The molecule has 2 aromatic carbocycles. The molecule has 0 bridgehead atoms. The van der Waals surface area contributed by atoms with E-state index in [-0.39, 0.29) is 23.7 Å². The summed E-state index contributed by atoms with van der Waals surface area (Å²) in [5.74, 6) is 0.551. The van der Waals surface area contributed by atoms with Crippen LogP contribution < -0.4 is 4.74 Å². The number of carbonyl (C=O) groups is 1. The molecule has 0 radical (unpaired) electrons. The molecule has 1 heterocycles. The molecule has 0 amide bonds. The molecule has 0 aliphatic heterocycles. The average molecular weight is 448 g/mol. The number of unbranched alkanes of at least 4 members (excludes halogenated alkanes) is 3. The van der Waals surface area contributed by atoms with Crippen molar-refractivity contribution in [2.24, 2.45) is 0 Å². The molecule has 1 N–H and O–H groups in total. The Morgan fingerprint density at radius 1 is 1.12 bits per heavy atom. The van der Waals surface area contributed by atoms with Gasteiger partial charge in [-0.1, -0.05) is 75.6 Å². The third kappa shape index (κ3) is 7.31. The van der Waals surface area contributed by atoms with Crippen LogP contribution in [-0.4, -0.2) is 25.9 Å². The van der Waals surface area contributed by atoms with Gasteiger partial charge in [0.25, 0.3) is 0 Å². The molecular weight excluding hydrogens is 414 g/mol. The van der Waals surface area contributed by atoms with E-state index in [0.29, 0.717) is 11.7 Å². The number of allylic oxidation sites excluding steroid dienone is 1. The van der Waals surface area contributed by atoms with Crippen LogP contribution >= 0.6 is 0 Å². The summed E-state index contributed by atoms with van der Waals surface area (Å²) >= 11 is 0. The van der Waals surface area contributed by atoms with Crippen LogP contribution in [0.3, 0.4) is 0 Å². The number of nitrogens with zero attached hydrogens (tertiary/aromatic N) is 3. The fraction of sp³-hybridized carbons (Fsp3) is 0.370. The zero-order chi connectivity index (χ0) is 23.6. The molecule has 6 nitrogen and oxygen atoms in total. The van der Waals surface area contributed by atoms with Crippen molar-refractivity contribution in [2.45, 2.75) is 65.5 Å². The highest BCUT2D eigenvalue weighted by molar-refractivity contribution is 6.08. The van der Waals surface area contributed by atoms with Crippen molar-refractivity contribution in [3.05, 3.63) is 77.1 Å². The summed E-state index contributed by atoms with van der Waals surface area (Å²) in [7, 11) is 0. The first-order valence-corrected chi connectivity index (χ1v) is 11.6. The quantitative estimate of drug-likeness (QED) is 0.204. The van der Waals surface area contributed by atoms with Crippen LogP contribution in [0, 0.1) is 0 Å². The fourth-order valence-corrected chi connectivity index (χ4v) is 3.44. The van der Waals surface area contributed by atoms with Gasteiger partial charge in [-0.3, -0.25) is 9.48 Å². The molecule has 174 valence electrons. The molecule has 0 saturated heterocycles. The number of phenols is 1. The number of hydrogen-bond acceptors (Lipinski definition) is 5. The van der Waals surface area contributed by atoms with Gasteiger partial charge in [0.1, 0.15) is 23.8 Å². The smallest absolute Gasteiger partial charge is 0.189 e. The molecule has 0 aliphatic carbocycles. The van der Waals surface area contributed by atoms with Gasteiger partial charge in [0.05, 0.1) is 11.8 Å². The van der Waals surface area contributed by atoms with E-state index in [4.69, 9.17) is 4.74 Å². The maximum Gasteiger partial charge on any atom is 0.189 e. The summed E-state index contributed by atoms with van der Waals surface area (Å²) in [5.41, 5.74) is 3.14. The minimum atomic E-state index is -0.266. The number of phenolic OH excluding ortho intramolecular Hbond substituents is 1. The van der Waals surface area contributed by atoms with Crippen molar-refractivity contribution in [1.82, 2.24) is 15.0 Å². The first-order chi connectivity index (χ1) is 16.0. The summed E-state index contributed by atoms with van der Waals surface area (Å²) < 4.78 is 7.55. The second-order valence-corrected chi connectivity index (χ2v) is 8.52. The predicted octanol–water partition coefficient (Wildman–Crippen LogP) is 6.16. The lowest BCUT2D eigenvalue weighted by Gasteiger charge is -2.07. The van der Waals surface area contributed by atoms with Gasteiger partial charge in [-0.05, 0) is 41.7 Å². The summed E-state index contributed by atoms with van der Waals surface area (Å²) in [6, 6.07) is 12.8. The Balaban J connectivity index is 1.54. The van der Waals surface area contributed by atoms with Gasteiger partial charge in [-0.2, -0.15) is 0 Å². The average Bonchev–Trinajstić information content (AvgIpc) is 3.27. The number of rotatable bonds is 12. The van der Waals surface area contributed by atoms with Crippen LogP contribution in [0.15, 0.2) is 54.7 Å². The molecule has 0 unspecified atom stereocenters. The second-order valence-electron chi connectivity index (χ2n) is 8.52. The van der Waals surface area contributed by atoms with Crippen LogP contribution in [0.2, 0.25) is 0 Å². The van der Waals surface area contributed by atoms with Crippen LogP contribution in [0.5, 0.6) is 11.5 Å². The molecule has 3 aromatic rings. The third-order valence-electron chi connectivity index (χ3n) is 5.48. The summed E-state index contributed by atoms with van der Waals surface area (Å²) in [6.07, 6.45) is 9.80. The standard InChI is InChI=1S/C27H33N3O3/c1-4-5-6-7-16-30-18-23(28-29-30)19-33-24-13-14-25(27(32)17-24)26(31)15-10-21-8-11-22(12-9-21)20(2)3/h8-15,17-18,20,32H,4-7,16,19H2,1-3H3/b15-10+. The summed E-state index contributed by atoms with van der Waals surface area (Å²) in [4.78, 5) is 12.5. The number of benzene rings is 2. The number of aryl methyl sites for hydroxylation is 1. The Labute approximate surface area is 195 Å². The number of ether oxygens (including phenoxy) is 1. The lowest BCUT2D eigenvalue weighted by Crippen LogP contribution is -1.99. The van der Waals surface area contributed by atoms with Gasteiger partial charge in [-0.25, -0.2) is 0 Å². The highest BCUT2D eigenvalue weighted by atomic mass is 16.5. The van der Waals surface area contributed by atoms with Crippen molar-refractivity contribution in [3.8, 4) is 11.5 Å². The first-order valence-electron chi connectivity index (χ1n) is 11.6. The molecule has 6 heteroatoms. The molecule has 0 aliphatic rings. The van der Waals surface area contributed by atoms with Gasteiger partial charge in [-0.15, -0.1) is 5.10 Å². The van der Waals surface area contributed by atoms with E-state index in [9.17, 15) is 9.90 Å². The van der Waals surface area contributed by atoms with Gasteiger partial charge < -0.3 is 9.84 Å². The van der Waals surface area contributed by atoms with Gasteiger partial charge in [0.2, 0.25) is 0 Å². The molecule has 0 saturated carbocycles.